The van der Waals surface area contributed by atoms with Crippen LogP contribution in [0.25, 0.3) is 0 Å². The zero-order valence-corrected chi connectivity index (χ0v) is 12.8. The van der Waals surface area contributed by atoms with E-state index in [0.717, 1.165) is 6.54 Å². The first-order valence-corrected chi connectivity index (χ1v) is 7.30. The van der Waals surface area contributed by atoms with Crippen LogP contribution in [0.5, 0.6) is 0 Å². The van der Waals surface area contributed by atoms with Gasteiger partial charge in [-0.15, -0.1) is 0 Å². The summed E-state index contributed by atoms with van der Waals surface area (Å²) in [5.41, 5.74) is 0.304. The van der Waals surface area contributed by atoms with Crippen molar-refractivity contribution in [2.75, 3.05) is 13.2 Å². The van der Waals surface area contributed by atoms with E-state index in [0.29, 0.717) is 18.4 Å². The van der Waals surface area contributed by atoms with Crippen LogP contribution in [0.15, 0.2) is 0 Å². The zero-order valence-electron chi connectivity index (χ0n) is 12.8. The summed E-state index contributed by atoms with van der Waals surface area (Å²) in [6, 6.07) is 0.189. The molecule has 0 radical (unpaired) electrons. The summed E-state index contributed by atoms with van der Waals surface area (Å²) in [7, 11) is 0. The number of carbonyl (C=O) groups excluding carboxylic acids is 1. The molecule has 0 aromatic heterocycles. The van der Waals surface area contributed by atoms with Crippen molar-refractivity contribution in [2.45, 2.75) is 72.8 Å². The topological polar surface area (TPSA) is 38.3 Å². The third-order valence-corrected chi connectivity index (χ3v) is 3.16. The van der Waals surface area contributed by atoms with Gasteiger partial charge in [-0.3, -0.25) is 4.79 Å². The Morgan fingerprint density at radius 3 is 2.50 bits per heavy atom. The van der Waals surface area contributed by atoms with Crippen LogP contribution in [0.3, 0.4) is 0 Å². The Labute approximate surface area is 113 Å². The Kier molecular flexibility index (Phi) is 9.08. The van der Waals surface area contributed by atoms with Crippen molar-refractivity contribution in [3.05, 3.63) is 0 Å². The highest BCUT2D eigenvalue weighted by molar-refractivity contribution is 5.69. The number of carbonyl (C=O) groups is 1. The summed E-state index contributed by atoms with van der Waals surface area (Å²) in [6.45, 7) is 12.1. The Bertz CT molecular complexity index is 227. The molecule has 0 saturated carbocycles. The predicted octanol–water partition coefficient (Wildman–Crippen LogP) is 3.52. The second-order valence-electron chi connectivity index (χ2n) is 5.91. The highest BCUT2D eigenvalue weighted by Gasteiger charge is 2.19. The lowest BCUT2D eigenvalue weighted by molar-refractivity contribution is -0.143. The van der Waals surface area contributed by atoms with Crippen LogP contribution in [0.2, 0.25) is 0 Å². The van der Waals surface area contributed by atoms with Gasteiger partial charge in [0.05, 0.1) is 13.0 Å². The van der Waals surface area contributed by atoms with Gasteiger partial charge in [0, 0.05) is 12.6 Å². The molecule has 0 aromatic carbocycles. The van der Waals surface area contributed by atoms with Crippen molar-refractivity contribution in [1.29, 1.82) is 0 Å². The second kappa shape index (κ2) is 9.37. The van der Waals surface area contributed by atoms with Crippen molar-refractivity contribution in [2.24, 2.45) is 5.41 Å². The maximum Gasteiger partial charge on any atom is 0.307 e. The first-order valence-electron chi connectivity index (χ1n) is 7.30. The molecule has 0 aliphatic carbocycles. The average molecular weight is 257 g/mol. The molecule has 0 heterocycles. The van der Waals surface area contributed by atoms with E-state index in [1.165, 1.54) is 25.7 Å². The van der Waals surface area contributed by atoms with Crippen LogP contribution in [-0.4, -0.2) is 25.2 Å². The molecule has 0 fully saturated rings. The standard InChI is InChI=1S/C15H31NO2/c1-6-8-9-10-15(4,5)12-16-13(3)11-14(17)18-7-2/h13,16H,6-12H2,1-5H3. The van der Waals surface area contributed by atoms with E-state index < -0.39 is 0 Å². The van der Waals surface area contributed by atoms with Crippen molar-refractivity contribution in [3.63, 3.8) is 0 Å². The number of ether oxygens (including phenoxy) is 1. The van der Waals surface area contributed by atoms with Crippen LogP contribution in [0.1, 0.15) is 66.7 Å². The van der Waals surface area contributed by atoms with Gasteiger partial charge in [0.25, 0.3) is 0 Å². The molecule has 0 spiro atoms. The largest absolute Gasteiger partial charge is 0.466 e. The van der Waals surface area contributed by atoms with Gasteiger partial charge in [0.1, 0.15) is 0 Å². The second-order valence-corrected chi connectivity index (χ2v) is 5.91. The van der Waals surface area contributed by atoms with Gasteiger partial charge in [-0.25, -0.2) is 0 Å². The minimum atomic E-state index is -0.110. The number of rotatable bonds is 10. The first-order chi connectivity index (χ1) is 8.41. The third-order valence-electron chi connectivity index (χ3n) is 3.16. The molecule has 18 heavy (non-hydrogen) atoms. The molecule has 0 rings (SSSR count). The van der Waals surface area contributed by atoms with Gasteiger partial charge >= 0.3 is 5.97 Å². The van der Waals surface area contributed by atoms with E-state index in [2.05, 4.69) is 26.1 Å². The smallest absolute Gasteiger partial charge is 0.307 e. The van der Waals surface area contributed by atoms with E-state index >= 15 is 0 Å². The Balaban J connectivity index is 3.81. The number of hydrogen-bond donors (Lipinski definition) is 1. The van der Waals surface area contributed by atoms with Gasteiger partial charge < -0.3 is 10.1 Å². The molecule has 0 aromatic rings. The van der Waals surface area contributed by atoms with E-state index in [4.69, 9.17) is 4.74 Å². The fourth-order valence-corrected chi connectivity index (χ4v) is 1.93. The molecular formula is C15H31NO2. The SMILES string of the molecule is CCCCCC(C)(C)CNC(C)CC(=O)OCC. The Hall–Kier alpha value is -0.570. The molecule has 0 aliphatic rings. The molecule has 0 amide bonds. The molecule has 108 valence electrons. The molecule has 0 bridgehead atoms. The molecule has 1 atom stereocenters. The minimum Gasteiger partial charge on any atom is -0.466 e. The Morgan fingerprint density at radius 1 is 1.28 bits per heavy atom. The van der Waals surface area contributed by atoms with Crippen molar-refractivity contribution >= 4 is 5.97 Å². The molecule has 0 aliphatic heterocycles. The summed E-state index contributed by atoms with van der Waals surface area (Å²) >= 11 is 0. The van der Waals surface area contributed by atoms with Gasteiger partial charge in [-0.2, -0.15) is 0 Å². The number of hydrogen-bond acceptors (Lipinski definition) is 3. The van der Waals surface area contributed by atoms with Gasteiger partial charge in [0.15, 0.2) is 0 Å². The molecule has 1 unspecified atom stereocenters. The van der Waals surface area contributed by atoms with Crippen molar-refractivity contribution in [1.82, 2.24) is 5.32 Å². The highest BCUT2D eigenvalue weighted by atomic mass is 16.5. The van der Waals surface area contributed by atoms with Crippen LogP contribution in [0, 0.1) is 5.41 Å². The molecule has 3 heteroatoms. The van der Waals surface area contributed by atoms with Gasteiger partial charge in [0.2, 0.25) is 0 Å². The van der Waals surface area contributed by atoms with E-state index in [9.17, 15) is 4.79 Å². The highest BCUT2D eigenvalue weighted by Crippen LogP contribution is 2.22. The Morgan fingerprint density at radius 2 is 1.94 bits per heavy atom. The lowest BCUT2D eigenvalue weighted by Crippen LogP contribution is -2.36. The normalized spacial score (nSPS) is 13.4. The lowest BCUT2D eigenvalue weighted by Gasteiger charge is -2.27. The van der Waals surface area contributed by atoms with Gasteiger partial charge in [-0.05, 0) is 25.7 Å². The molecule has 3 nitrogen and oxygen atoms in total. The molecular weight excluding hydrogens is 226 g/mol. The van der Waals surface area contributed by atoms with Crippen LogP contribution < -0.4 is 5.32 Å². The van der Waals surface area contributed by atoms with Crippen LogP contribution in [0.4, 0.5) is 0 Å². The van der Waals surface area contributed by atoms with Crippen LogP contribution in [-0.2, 0) is 9.53 Å². The zero-order chi connectivity index (χ0) is 14.0. The summed E-state index contributed by atoms with van der Waals surface area (Å²) in [4.78, 5) is 11.3. The summed E-state index contributed by atoms with van der Waals surface area (Å²) < 4.78 is 4.94. The van der Waals surface area contributed by atoms with E-state index in [-0.39, 0.29) is 12.0 Å². The fraction of sp³-hybridized carbons (Fsp3) is 0.933. The summed E-state index contributed by atoms with van der Waals surface area (Å²) in [5.74, 6) is -0.110. The number of nitrogens with one attached hydrogen (secondary N) is 1. The third kappa shape index (κ3) is 9.46. The predicted molar refractivity (Wildman–Crippen MR) is 76.6 cm³/mol. The van der Waals surface area contributed by atoms with Crippen molar-refractivity contribution < 1.29 is 9.53 Å². The maximum atomic E-state index is 11.3. The average Bonchev–Trinajstić information content (AvgIpc) is 2.27. The molecule has 0 saturated heterocycles. The summed E-state index contributed by atoms with van der Waals surface area (Å²) in [6.07, 6.45) is 5.56. The van der Waals surface area contributed by atoms with Crippen molar-refractivity contribution in [3.8, 4) is 0 Å². The number of esters is 1. The maximum absolute atomic E-state index is 11.3. The lowest BCUT2D eigenvalue weighted by atomic mass is 9.86. The van der Waals surface area contributed by atoms with E-state index in [1.54, 1.807) is 0 Å². The quantitative estimate of drug-likeness (QED) is 0.480. The first kappa shape index (κ1) is 17.4. The minimum absolute atomic E-state index is 0.110. The fourth-order valence-electron chi connectivity index (χ4n) is 1.93. The molecule has 1 N–H and O–H groups in total. The van der Waals surface area contributed by atoms with Gasteiger partial charge in [-0.1, -0.05) is 40.0 Å². The summed E-state index contributed by atoms with van der Waals surface area (Å²) in [5, 5.41) is 3.44. The monoisotopic (exact) mass is 257 g/mol. The van der Waals surface area contributed by atoms with Crippen LogP contribution >= 0.6 is 0 Å². The van der Waals surface area contributed by atoms with E-state index in [1.807, 2.05) is 13.8 Å². The number of unbranched alkanes of at least 4 members (excludes halogenated alkanes) is 2.